The lowest BCUT2D eigenvalue weighted by Crippen LogP contribution is -1.98. The van der Waals surface area contributed by atoms with E-state index >= 15 is 0 Å². The molecular formula is C9H6FN3O2. The zero-order valence-electron chi connectivity index (χ0n) is 7.48. The predicted octanol–water partition coefficient (Wildman–Crippen LogP) is 1.86. The highest BCUT2D eigenvalue weighted by Crippen LogP contribution is 2.29. The number of nitro groups is 1. The van der Waals surface area contributed by atoms with Crippen molar-refractivity contribution in [1.29, 1.82) is 0 Å². The van der Waals surface area contributed by atoms with Gasteiger partial charge in [0.25, 0.3) is 0 Å². The summed E-state index contributed by atoms with van der Waals surface area (Å²) < 4.78 is 13.2. The van der Waals surface area contributed by atoms with Gasteiger partial charge >= 0.3 is 5.69 Å². The summed E-state index contributed by atoms with van der Waals surface area (Å²) in [6.07, 6.45) is 0.959. The standard InChI is InChI=1S/C9H6FN3O2/c10-6-3-1-2-5-8(11)7(13(14)15)4-12-9(5)6/h1-4H,(H2,11,12). The van der Waals surface area contributed by atoms with Gasteiger partial charge in [0.1, 0.15) is 23.2 Å². The highest BCUT2D eigenvalue weighted by atomic mass is 19.1. The minimum atomic E-state index is -0.646. The lowest BCUT2D eigenvalue weighted by atomic mass is 10.1. The Morgan fingerprint density at radius 2 is 2.20 bits per heavy atom. The van der Waals surface area contributed by atoms with Crippen LogP contribution in [0, 0.1) is 15.9 Å². The van der Waals surface area contributed by atoms with Crippen LogP contribution in [0.3, 0.4) is 0 Å². The van der Waals surface area contributed by atoms with Crippen molar-refractivity contribution in [2.75, 3.05) is 5.73 Å². The number of halogens is 1. The fraction of sp³-hybridized carbons (Fsp3) is 0. The van der Waals surface area contributed by atoms with Gasteiger partial charge in [0.2, 0.25) is 0 Å². The molecule has 0 fully saturated rings. The van der Waals surface area contributed by atoms with Crippen molar-refractivity contribution in [2.24, 2.45) is 0 Å². The molecule has 2 aromatic rings. The van der Waals surface area contributed by atoms with E-state index in [9.17, 15) is 14.5 Å². The number of fused-ring (bicyclic) bond motifs is 1. The minimum absolute atomic E-state index is 0.0422. The number of para-hydroxylation sites is 1. The molecule has 6 heteroatoms. The summed E-state index contributed by atoms with van der Waals surface area (Å²) in [5.41, 5.74) is 5.21. The summed E-state index contributed by atoms with van der Waals surface area (Å²) in [4.78, 5) is 13.6. The van der Waals surface area contributed by atoms with Gasteiger partial charge in [0, 0.05) is 5.39 Å². The summed E-state index contributed by atoms with van der Waals surface area (Å²) in [6, 6.07) is 4.15. The molecule has 1 heterocycles. The first-order chi connectivity index (χ1) is 7.11. The van der Waals surface area contributed by atoms with Crippen molar-refractivity contribution in [1.82, 2.24) is 4.98 Å². The maximum atomic E-state index is 13.2. The number of benzene rings is 1. The van der Waals surface area contributed by atoms with Gasteiger partial charge in [-0.05, 0) is 6.07 Å². The highest BCUT2D eigenvalue weighted by Gasteiger charge is 2.16. The molecule has 1 aromatic carbocycles. The van der Waals surface area contributed by atoms with Crippen LogP contribution in [-0.4, -0.2) is 9.91 Å². The fourth-order valence-electron chi connectivity index (χ4n) is 1.34. The molecule has 0 aliphatic carbocycles. The summed E-state index contributed by atoms with van der Waals surface area (Å²) in [5, 5.41) is 10.8. The molecule has 0 radical (unpaired) electrons. The van der Waals surface area contributed by atoms with Gasteiger partial charge in [-0.15, -0.1) is 0 Å². The number of nitrogen functional groups attached to an aromatic ring is 1. The predicted molar refractivity (Wildman–Crippen MR) is 52.8 cm³/mol. The molecule has 0 saturated carbocycles. The smallest absolute Gasteiger partial charge is 0.310 e. The van der Waals surface area contributed by atoms with Crippen LogP contribution in [0.15, 0.2) is 24.4 Å². The van der Waals surface area contributed by atoms with E-state index in [4.69, 9.17) is 5.73 Å². The summed E-state index contributed by atoms with van der Waals surface area (Å²) in [7, 11) is 0. The Morgan fingerprint density at radius 1 is 1.47 bits per heavy atom. The number of nitrogens with zero attached hydrogens (tertiary/aromatic N) is 2. The maximum absolute atomic E-state index is 13.2. The lowest BCUT2D eigenvalue weighted by Gasteiger charge is -2.02. The third kappa shape index (κ3) is 1.35. The van der Waals surface area contributed by atoms with Gasteiger partial charge in [-0.1, -0.05) is 12.1 Å². The van der Waals surface area contributed by atoms with Gasteiger partial charge in [0.15, 0.2) is 0 Å². The van der Waals surface area contributed by atoms with Crippen LogP contribution in [0.4, 0.5) is 15.8 Å². The average molecular weight is 207 g/mol. The average Bonchev–Trinajstić information content (AvgIpc) is 2.19. The van der Waals surface area contributed by atoms with Crippen LogP contribution in [0.5, 0.6) is 0 Å². The lowest BCUT2D eigenvalue weighted by molar-refractivity contribution is -0.384. The molecule has 2 rings (SSSR count). The number of hydrogen-bond donors (Lipinski definition) is 1. The summed E-state index contributed by atoms with van der Waals surface area (Å²) in [6.45, 7) is 0. The minimum Gasteiger partial charge on any atom is -0.393 e. The molecule has 0 amide bonds. The van der Waals surface area contributed by atoms with Crippen LogP contribution in [0.25, 0.3) is 10.9 Å². The SMILES string of the molecule is Nc1c([N+](=O)[O-])cnc2c(F)cccc12. The second kappa shape index (κ2) is 3.16. The number of rotatable bonds is 1. The Labute approximate surface area is 83.5 Å². The number of pyridine rings is 1. The summed E-state index contributed by atoms with van der Waals surface area (Å²) in [5.74, 6) is -0.547. The van der Waals surface area contributed by atoms with E-state index in [1.807, 2.05) is 0 Å². The first kappa shape index (κ1) is 9.32. The van der Waals surface area contributed by atoms with Crippen molar-refractivity contribution in [2.45, 2.75) is 0 Å². The topological polar surface area (TPSA) is 82.0 Å². The van der Waals surface area contributed by atoms with Gasteiger partial charge < -0.3 is 5.73 Å². The normalized spacial score (nSPS) is 10.5. The molecule has 1 aromatic heterocycles. The van der Waals surface area contributed by atoms with Gasteiger partial charge in [0.05, 0.1) is 4.92 Å². The molecule has 2 N–H and O–H groups in total. The number of hydrogen-bond acceptors (Lipinski definition) is 4. The Kier molecular flexibility index (Phi) is 1.96. The third-order valence-corrected chi connectivity index (χ3v) is 2.07. The zero-order valence-corrected chi connectivity index (χ0v) is 7.48. The van der Waals surface area contributed by atoms with E-state index < -0.39 is 10.7 Å². The number of nitrogens with two attached hydrogens (primary N) is 1. The molecule has 0 atom stereocenters. The maximum Gasteiger partial charge on any atom is 0.310 e. The third-order valence-electron chi connectivity index (χ3n) is 2.07. The Hall–Kier alpha value is -2.24. The Bertz CT molecular complexity index is 556. The van der Waals surface area contributed by atoms with Crippen LogP contribution in [0.1, 0.15) is 0 Å². The van der Waals surface area contributed by atoms with Crippen molar-refractivity contribution < 1.29 is 9.31 Å². The van der Waals surface area contributed by atoms with Gasteiger partial charge in [-0.2, -0.15) is 0 Å². The van der Waals surface area contributed by atoms with Crippen molar-refractivity contribution in [3.63, 3.8) is 0 Å². The first-order valence-electron chi connectivity index (χ1n) is 4.08. The van der Waals surface area contributed by atoms with E-state index in [-0.39, 0.29) is 22.3 Å². The quantitative estimate of drug-likeness (QED) is 0.571. The van der Waals surface area contributed by atoms with Crippen molar-refractivity contribution in [3.8, 4) is 0 Å². The molecule has 76 valence electrons. The van der Waals surface area contributed by atoms with Gasteiger partial charge in [-0.25, -0.2) is 9.37 Å². The molecule has 0 saturated heterocycles. The van der Waals surface area contributed by atoms with Crippen molar-refractivity contribution in [3.05, 3.63) is 40.3 Å². The first-order valence-corrected chi connectivity index (χ1v) is 4.08. The van der Waals surface area contributed by atoms with E-state index in [0.717, 1.165) is 6.20 Å². The highest BCUT2D eigenvalue weighted by molar-refractivity contribution is 5.94. The van der Waals surface area contributed by atoms with E-state index in [1.165, 1.54) is 18.2 Å². The number of anilines is 1. The largest absolute Gasteiger partial charge is 0.393 e. The second-order valence-electron chi connectivity index (χ2n) is 2.95. The van der Waals surface area contributed by atoms with Crippen LogP contribution >= 0.6 is 0 Å². The van der Waals surface area contributed by atoms with Crippen molar-refractivity contribution >= 4 is 22.3 Å². The van der Waals surface area contributed by atoms with Crippen LogP contribution in [-0.2, 0) is 0 Å². The summed E-state index contributed by atoms with van der Waals surface area (Å²) >= 11 is 0. The monoisotopic (exact) mass is 207 g/mol. The molecule has 15 heavy (non-hydrogen) atoms. The zero-order chi connectivity index (χ0) is 11.0. The molecule has 0 aliphatic heterocycles. The van der Waals surface area contributed by atoms with Crippen LogP contribution < -0.4 is 5.73 Å². The van der Waals surface area contributed by atoms with E-state index in [1.54, 1.807) is 0 Å². The molecule has 0 unspecified atom stereocenters. The molecule has 0 bridgehead atoms. The van der Waals surface area contributed by atoms with Crippen LogP contribution in [0.2, 0.25) is 0 Å². The van der Waals surface area contributed by atoms with E-state index in [0.29, 0.717) is 0 Å². The van der Waals surface area contributed by atoms with Gasteiger partial charge in [-0.3, -0.25) is 10.1 Å². The number of aromatic nitrogens is 1. The Morgan fingerprint density at radius 3 is 2.87 bits per heavy atom. The fourth-order valence-corrected chi connectivity index (χ4v) is 1.34. The molecule has 5 nitrogen and oxygen atoms in total. The Balaban J connectivity index is 2.86. The molecule has 0 aliphatic rings. The molecule has 0 spiro atoms. The molecular weight excluding hydrogens is 201 g/mol. The second-order valence-corrected chi connectivity index (χ2v) is 2.95. The van der Waals surface area contributed by atoms with E-state index in [2.05, 4.69) is 4.98 Å².